The summed E-state index contributed by atoms with van der Waals surface area (Å²) in [5.74, 6) is 0.0422. The standard InChI is InChI=1S/C34H52N2O10/c1-35-10-12-38-14-16-40-18-20-42-22-24-44-26-27-45-25-23-43-21-19-41-17-15-39-13-11-36-34(37)46-28-33-31-8-4-2-6-29(31)30-7-3-5-9-32(30)33/h2-9,33,35H,10-28H2,1H3,(H,36,37). The zero-order valence-corrected chi connectivity index (χ0v) is 27.2. The summed E-state index contributed by atoms with van der Waals surface area (Å²) >= 11 is 0. The number of likely N-dealkylation sites (N-methyl/N-ethyl adjacent to an activating group) is 1. The van der Waals surface area contributed by atoms with Gasteiger partial charge in [0.05, 0.1) is 106 Å². The molecule has 0 fully saturated rings. The van der Waals surface area contributed by atoms with Gasteiger partial charge in [-0.25, -0.2) is 4.79 Å². The van der Waals surface area contributed by atoms with Gasteiger partial charge in [-0.2, -0.15) is 0 Å². The Morgan fingerprint density at radius 2 is 0.870 bits per heavy atom. The highest BCUT2D eigenvalue weighted by molar-refractivity contribution is 5.79. The molecule has 0 bridgehead atoms. The molecule has 0 atom stereocenters. The number of amides is 1. The fraction of sp³-hybridized carbons (Fsp3) is 0.618. The van der Waals surface area contributed by atoms with Crippen LogP contribution in [0.4, 0.5) is 4.79 Å². The molecule has 2 N–H and O–H groups in total. The summed E-state index contributed by atoms with van der Waals surface area (Å²) in [6.07, 6.45) is -0.448. The minimum atomic E-state index is -0.448. The summed E-state index contributed by atoms with van der Waals surface area (Å²) in [6.45, 7) is 9.67. The van der Waals surface area contributed by atoms with E-state index in [2.05, 4.69) is 34.9 Å². The summed E-state index contributed by atoms with van der Waals surface area (Å²) in [5, 5.41) is 5.76. The highest BCUT2D eigenvalue weighted by Crippen LogP contribution is 2.44. The van der Waals surface area contributed by atoms with Crippen LogP contribution in [-0.4, -0.2) is 139 Å². The molecule has 0 saturated carbocycles. The van der Waals surface area contributed by atoms with Crippen LogP contribution in [0.3, 0.4) is 0 Å². The van der Waals surface area contributed by atoms with Crippen LogP contribution >= 0.6 is 0 Å². The van der Waals surface area contributed by atoms with Crippen LogP contribution in [0.2, 0.25) is 0 Å². The Hall–Kier alpha value is -2.65. The summed E-state index contributed by atoms with van der Waals surface area (Å²) in [4.78, 5) is 12.2. The molecule has 0 spiro atoms. The molecule has 12 nitrogen and oxygen atoms in total. The van der Waals surface area contributed by atoms with Gasteiger partial charge in [-0.3, -0.25) is 0 Å². The van der Waals surface area contributed by atoms with Gasteiger partial charge >= 0.3 is 6.09 Å². The third-order valence-electron chi connectivity index (χ3n) is 6.96. The molecule has 1 aliphatic carbocycles. The lowest BCUT2D eigenvalue weighted by Gasteiger charge is -2.14. The molecule has 2 aromatic carbocycles. The maximum atomic E-state index is 12.2. The topological polar surface area (TPSA) is 124 Å². The van der Waals surface area contributed by atoms with Gasteiger partial charge in [0, 0.05) is 19.0 Å². The molecule has 1 amide bonds. The Morgan fingerprint density at radius 3 is 1.26 bits per heavy atom. The number of benzene rings is 2. The van der Waals surface area contributed by atoms with Gasteiger partial charge in [-0.1, -0.05) is 48.5 Å². The Morgan fingerprint density at radius 1 is 0.522 bits per heavy atom. The molecule has 1 aliphatic rings. The lowest BCUT2D eigenvalue weighted by atomic mass is 9.98. The van der Waals surface area contributed by atoms with Crippen molar-refractivity contribution in [3.05, 3.63) is 59.7 Å². The molecule has 0 aliphatic heterocycles. The van der Waals surface area contributed by atoms with Crippen LogP contribution in [0.5, 0.6) is 0 Å². The highest BCUT2D eigenvalue weighted by atomic mass is 16.6. The smallest absolute Gasteiger partial charge is 0.407 e. The van der Waals surface area contributed by atoms with Crippen molar-refractivity contribution in [2.75, 3.05) is 132 Å². The number of hydrogen-bond acceptors (Lipinski definition) is 11. The van der Waals surface area contributed by atoms with Crippen LogP contribution in [-0.2, 0) is 42.6 Å². The van der Waals surface area contributed by atoms with E-state index in [4.69, 9.17) is 42.6 Å². The summed E-state index contributed by atoms with van der Waals surface area (Å²) in [5.41, 5.74) is 4.79. The maximum Gasteiger partial charge on any atom is 0.407 e. The first-order valence-corrected chi connectivity index (χ1v) is 16.2. The zero-order valence-electron chi connectivity index (χ0n) is 27.2. The normalized spacial score (nSPS) is 12.3. The first-order chi connectivity index (χ1) is 22.8. The number of rotatable bonds is 29. The third-order valence-corrected chi connectivity index (χ3v) is 6.96. The van der Waals surface area contributed by atoms with E-state index in [9.17, 15) is 4.79 Å². The van der Waals surface area contributed by atoms with Crippen LogP contribution in [0.25, 0.3) is 11.1 Å². The van der Waals surface area contributed by atoms with Crippen LogP contribution in [0, 0.1) is 0 Å². The molecular formula is C34H52N2O10. The average Bonchev–Trinajstić information content (AvgIpc) is 3.40. The number of ether oxygens (including phenoxy) is 9. The molecule has 0 unspecified atom stereocenters. The second kappa shape index (κ2) is 25.4. The number of fused-ring (bicyclic) bond motifs is 3. The lowest BCUT2D eigenvalue weighted by molar-refractivity contribution is -0.0229. The van der Waals surface area contributed by atoms with Gasteiger partial charge in [-0.05, 0) is 29.3 Å². The number of hydrogen-bond donors (Lipinski definition) is 2. The van der Waals surface area contributed by atoms with E-state index in [1.165, 1.54) is 22.3 Å². The van der Waals surface area contributed by atoms with Crippen LogP contribution in [0.1, 0.15) is 17.0 Å². The van der Waals surface area contributed by atoms with Crippen LogP contribution < -0.4 is 10.6 Å². The monoisotopic (exact) mass is 648 g/mol. The van der Waals surface area contributed by atoms with Crippen molar-refractivity contribution in [1.82, 2.24) is 10.6 Å². The fourth-order valence-corrected chi connectivity index (χ4v) is 4.69. The molecule has 0 saturated heterocycles. The van der Waals surface area contributed by atoms with Crippen molar-refractivity contribution in [2.24, 2.45) is 0 Å². The molecular weight excluding hydrogens is 596 g/mol. The van der Waals surface area contributed by atoms with Crippen molar-refractivity contribution >= 4 is 6.09 Å². The molecule has 12 heteroatoms. The van der Waals surface area contributed by atoms with Crippen molar-refractivity contribution < 1.29 is 47.4 Å². The molecule has 0 heterocycles. The van der Waals surface area contributed by atoms with Crippen LogP contribution in [0.15, 0.2) is 48.5 Å². The van der Waals surface area contributed by atoms with E-state index >= 15 is 0 Å². The molecule has 0 radical (unpaired) electrons. The molecule has 258 valence electrons. The van der Waals surface area contributed by atoms with E-state index in [0.717, 1.165) is 6.54 Å². The number of alkyl carbamates (subject to hydrolysis) is 1. The van der Waals surface area contributed by atoms with Crippen molar-refractivity contribution in [3.63, 3.8) is 0 Å². The van der Waals surface area contributed by atoms with E-state index in [0.29, 0.717) is 119 Å². The number of carbonyl (C=O) groups is 1. The highest BCUT2D eigenvalue weighted by Gasteiger charge is 2.28. The van der Waals surface area contributed by atoms with Gasteiger partial charge < -0.3 is 53.3 Å². The first-order valence-electron chi connectivity index (χ1n) is 16.2. The molecule has 46 heavy (non-hydrogen) atoms. The van der Waals surface area contributed by atoms with Crippen molar-refractivity contribution in [1.29, 1.82) is 0 Å². The quantitative estimate of drug-likeness (QED) is 0.127. The maximum absolute atomic E-state index is 12.2. The Labute approximate surface area is 273 Å². The SMILES string of the molecule is CNCCOCCOCCOCCOCCOCCOCCOCCOCCNC(=O)OCC1c2ccccc2-c2ccccc21. The predicted octanol–water partition coefficient (Wildman–Crippen LogP) is 2.88. The van der Waals surface area contributed by atoms with Crippen molar-refractivity contribution in [2.45, 2.75) is 5.92 Å². The molecule has 2 aromatic rings. The second-order valence-corrected chi connectivity index (χ2v) is 10.3. The predicted molar refractivity (Wildman–Crippen MR) is 174 cm³/mol. The van der Waals surface area contributed by atoms with Gasteiger partial charge in [-0.15, -0.1) is 0 Å². The zero-order chi connectivity index (χ0) is 32.3. The van der Waals surface area contributed by atoms with Gasteiger partial charge in [0.25, 0.3) is 0 Å². The van der Waals surface area contributed by atoms with Gasteiger partial charge in [0.1, 0.15) is 6.61 Å². The Kier molecular flexibility index (Phi) is 20.9. The molecule has 0 aromatic heterocycles. The third kappa shape index (κ3) is 15.8. The largest absolute Gasteiger partial charge is 0.449 e. The minimum Gasteiger partial charge on any atom is -0.449 e. The average molecular weight is 649 g/mol. The Balaban J connectivity index is 1.00. The Bertz CT molecular complexity index is 1010. The van der Waals surface area contributed by atoms with Gasteiger partial charge in [0.2, 0.25) is 0 Å². The van der Waals surface area contributed by atoms with Gasteiger partial charge in [0.15, 0.2) is 0 Å². The fourth-order valence-electron chi connectivity index (χ4n) is 4.69. The second-order valence-electron chi connectivity index (χ2n) is 10.3. The van der Waals surface area contributed by atoms with E-state index in [-0.39, 0.29) is 5.92 Å². The minimum absolute atomic E-state index is 0.0422. The van der Waals surface area contributed by atoms with E-state index in [1.54, 1.807) is 0 Å². The van der Waals surface area contributed by atoms with E-state index < -0.39 is 6.09 Å². The summed E-state index contributed by atoms with van der Waals surface area (Å²) < 4.78 is 49.2. The van der Waals surface area contributed by atoms with Crippen molar-refractivity contribution in [3.8, 4) is 11.1 Å². The van der Waals surface area contributed by atoms with E-state index in [1.807, 2.05) is 31.3 Å². The lowest BCUT2D eigenvalue weighted by Crippen LogP contribution is -2.29. The summed E-state index contributed by atoms with van der Waals surface area (Å²) in [6, 6.07) is 16.5. The first kappa shape index (κ1) is 37.8. The molecule has 3 rings (SSSR count). The number of carbonyl (C=O) groups excluding carboxylic acids is 1. The number of nitrogens with one attached hydrogen (secondary N) is 2. The summed E-state index contributed by atoms with van der Waals surface area (Å²) in [7, 11) is 1.89.